The van der Waals surface area contributed by atoms with Crippen molar-refractivity contribution in [1.29, 1.82) is 0 Å². The van der Waals surface area contributed by atoms with E-state index in [2.05, 4.69) is 10.9 Å². The van der Waals surface area contributed by atoms with Gasteiger partial charge in [0.1, 0.15) is 5.82 Å². The number of hydrogen-bond acceptors (Lipinski definition) is 4. The average molecular weight is 494 g/mol. The zero-order chi connectivity index (χ0) is 24.3. The Hall–Kier alpha value is -3.74. The van der Waals surface area contributed by atoms with Gasteiger partial charge in [-0.1, -0.05) is 41.5 Å². The van der Waals surface area contributed by atoms with E-state index in [0.29, 0.717) is 15.9 Å². The van der Waals surface area contributed by atoms with E-state index in [9.17, 15) is 17.6 Å². The van der Waals surface area contributed by atoms with Crippen LogP contribution < -0.4 is 9.11 Å². The number of thiazole rings is 1. The van der Waals surface area contributed by atoms with E-state index >= 15 is 0 Å². The Labute approximate surface area is 200 Å². The maximum absolute atomic E-state index is 14.3. The first kappa shape index (κ1) is 23.4. The highest BCUT2D eigenvalue weighted by Crippen LogP contribution is 2.24. The first-order chi connectivity index (χ1) is 16.4. The van der Waals surface area contributed by atoms with Gasteiger partial charge in [0.05, 0.1) is 27.3 Å². The van der Waals surface area contributed by atoms with Gasteiger partial charge in [-0.05, 0) is 55.5 Å². The molecule has 0 aliphatic rings. The minimum Gasteiger partial charge on any atom is -0.302 e. The Kier molecular flexibility index (Phi) is 6.63. The van der Waals surface area contributed by atoms with E-state index in [1.165, 1.54) is 39.2 Å². The van der Waals surface area contributed by atoms with Crippen LogP contribution in [0.1, 0.15) is 17.3 Å². The summed E-state index contributed by atoms with van der Waals surface area (Å²) in [6, 6.07) is 19.0. The molecule has 0 aliphatic heterocycles. The average Bonchev–Trinajstić information content (AvgIpc) is 3.18. The molecular weight excluding hydrogens is 473 g/mol. The van der Waals surface area contributed by atoms with Gasteiger partial charge in [-0.3, -0.25) is 9.10 Å². The summed E-state index contributed by atoms with van der Waals surface area (Å²) in [6.07, 6.45) is 5.43. The van der Waals surface area contributed by atoms with Crippen molar-refractivity contribution in [3.63, 3.8) is 0 Å². The van der Waals surface area contributed by atoms with Crippen molar-refractivity contribution < 1.29 is 17.6 Å². The predicted molar refractivity (Wildman–Crippen MR) is 132 cm³/mol. The molecule has 4 rings (SSSR count). The summed E-state index contributed by atoms with van der Waals surface area (Å²) in [6.45, 7) is 2.05. The second-order valence-corrected chi connectivity index (χ2v) is 10.1. The number of para-hydroxylation sites is 2. The van der Waals surface area contributed by atoms with Crippen LogP contribution in [-0.2, 0) is 16.6 Å². The van der Waals surface area contributed by atoms with E-state index in [0.717, 1.165) is 11.3 Å². The smallest absolute Gasteiger partial charge is 0.279 e. The molecule has 1 heterocycles. The quantitative estimate of drug-likeness (QED) is 0.373. The lowest BCUT2D eigenvalue weighted by Crippen LogP contribution is -2.30. The van der Waals surface area contributed by atoms with Crippen LogP contribution in [-0.4, -0.2) is 25.4 Å². The SMILES string of the molecule is C#CCn1c(=NC(=O)c2ccc(S(=O)(=O)N(CC)c3ccccc3)cc2)sc2cccc(F)c21. The van der Waals surface area contributed by atoms with Gasteiger partial charge in [0.2, 0.25) is 0 Å². The molecule has 0 aliphatic carbocycles. The van der Waals surface area contributed by atoms with E-state index < -0.39 is 21.7 Å². The summed E-state index contributed by atoms with van der Waals surface area (Å²) in [5, 5.41) is 0. The number of anilines is 1. The van der Waals surface area contributed by atoms with Crippen molar-refractivity contribution in [2.45, 2.75) is 18.4 Å². The van der Waals surface area contributed by atoms with Crippen LogP contribution in [0.15, 0.2) is 82.7 Å². The number of rotatable bonds is 6. The molecule has 0 fully saturated rings. The van der Waals surface area contributed by atoms with Crippen LogP contribution in [0.25, 0.3) is 10.2 Å². The molecule has 172 valence electrons. The van der Waals surface area contributed by atoms with Crippen molar-refractivity contribution in [3.05, 3.63) is 89.0 Å². The van der Waals surface area contributed by atoms with Crippen LogP contribution >= 0.6 is 11.3 Å². The van der Waals surface area contributed by atoms with Crippen LogP contribution in [0.2, 0.25) is 0 Å². The number of hydrogen-bond donors (Lipinski definition) is 0. The first-order valence-electron chi connectivity index (χ1n) is 10.3. The molecule has 9 heteroatoms. The molecular formula is C25H20FN3O3S2. The highest BCUT2D eigenvalue weighted by molar-refractivity contribution is 7.92. The molecule has 0 atom stereocenters. The monoisotopic (exact) mass is 493 g/mol. The Morgan fingerprint density at radius 1 is 1.09 bits per heavy atom. The van der Waals surface area contributed by atoms with Crippen molar-refractivity contribution in [1.82, 2.24) is 4.57 Å². The maximum atomic E-state index is 14.3. The lowest BCUT2D eigenvalue weighted by molar-refractivity contribution is 0.0997. The Bertz CT molecular complexity index is 1570. The standard InChI is InChI=1S/C25H20FN3O3S2/c1-3-17-28-23-21(26)11-8-12-22(23)33-25(28)27-24(30)18-13-15-20(16-14-18)34(31,32)29(4-2)19-9-6-5-7-10-19/h1,5-16H,4,17H2,2H3. The number of halogens is 1. The van der Waals surface area contributed by atoms with Gasteiger partial charge in [0.15, 0.2) is 4.80 Å². The molecule has 34 heavy (non-hydrogen) atoms. The lowest BCUT2D eigenvalue weighted by Gasteiger charge is -2.22. The zero-order valence-electron chi connectivity index (χ0n) is 18.2. The van der Waals surface area contributed by atoms with Gasteiger partial charge < -0.3 is 4.57 Å². The maximum Gasteiger partial charge on any atom is 0.279 e. The molecule has 1 amide bonds. The number of nitrogens with zero attached hydrogens (tertiary/aromatic N) is 3. The van der Waals surface area contributed by atoms with E-state index in [1.807, 2.05) is 6.07 Å². The molecule has 0 spiro atoms. The fourth-order valence-corrected chi connectivity index (χ4v) is 6.06. The van der Waals surface area contributed by atoms with Gasteiger partial charge >= 0.3 is 0 Å². The summed E-state index contributed by atoms with van der Waals surface area (Å²) in [7, 11) is -3.82. The van der Waals surface area contributed by atoms with Crippen LogP contribution in [0.4, 0.5) is 10.1 Å². The molecule has 1 aromatic heterocycles. The first-order valence-corrected chi connectivity index (χ1v) is 12.6. The van der Waals surface area contributed by atoms with Gasteiger partial charge in [-0.25, -0.2) is 12.8 Å². The number of carbonyl (C=O) groups excluding carboxylic acids is 1. The summed E-state index contributed by atoms with van der Waals surface area (Å²) in [5.74, 6) is 1.42. The third kappa shape index (κ3) is 4.38. The molecule has 4 aromatic rings. The van der Waals surface area contributed by atoms with Crippen LogP contribution in [0.3, 0.4) is 0 Å². The fourth-order valence-electron chi connectivity index (χ4n) is 3.54. The highest BCUT2D eigenvalue weighted by Gasteiger charge is 2.23. The van der Waals surface area contributed by atoms with E-state index in [4.69, 9.17) is 6.42 Å². The summed E-state index contributed by atoms with van der Waals surface area (Å²) in [5.41, 5.74) is 1.04. The molecule has 0 saturated carbocycles. The molecule has 0 radical (unpaired) electrons. The number of sulfonamides is 1. The summed E-state index contributed by atoms with van der Waals surface area (Å²) >= 11 is 1.15. The molecule has 6 nitrogen and oxygen atoms in total. The molecule has 3 aromatic carbocycles. The van der Waals surface area contributed by atoms with Crippen LogP contribution in [0, 0.1) is 18.2 Å². The zero-order valence-corrected chi connectivity index (χ0v) is 19.8. The Morgan fingerprint density at radius 2 is 1.79 bits per heavy atom. The lowest BCUT2D eigenvalue weighted by atomic mass is 10.2. The third-order valence-corrected chi connectivity index (χ3v) is 8.08. The van der Waals surface area contributed by atoms with Crippen molar-refractivity contribution in [2.24, 2.45) is 4.99 Å². The molecule has 0 N–H and O–H groups in total. The molecule has 0 unspecified atom stereocenters. The fraction of sp³-hybridized carbons (Fsp3) is 0.120. The van der Waals surface area contributed by atoms with E-state index in [1.54, 1.807) is 43.3 Å². The van der Waals surface area contributed by atoms with Gasteiger partial charge in [-0.15, -0.1) is 6.42 Å². The van der Waals surface area contributed by atoms with Crippen LogP contribution in [0.5, 0.6) is 0 Å². The normalized spacial score (nSPS) is 12.0. The van der Waals surface area contributed by atoms with Gasteiger partial charge in [0, 0.05) is 12.1 Å². The topological polar surface area (TPSA) is 71.7 Å². The molecule has 0 saturated heterocycles. The second-order valence-electron chi connectivity index (χ2n) is 7.21. The minimum absolute atomic E-state index is 0.0521. The van der Waals surface area contributed by atoms with Crippen molar-refractivity contribution in [3.8, 4) is 12.3 Å². The van der Waals surface area contributed by atoms with Gasteiger partial charge in [-0.2, -0.15) is 4.99 Å². The van der Waals surface area contributed by atoms with Crippen molar-refractivity contribution in [2.75, 3.05) is 10.8 Å². The minimum atomic E-state index is -3.82. The third-order valence-electron chi connectivity index (χ3n) is 5.12. The number of amides is 1. The largest absolute Gasteiger partial charge is 0.302 e. The molecule has 0 bridgehead atoms. The predicted octanol–water partition coefficient (Wildman–Crippen LogP) is 4.43. The Balaban J connectivity index is 1.69. The number of benzene rings is 3. The number of carbonyl (C=O) groups is 1. The number of terminal acetylenes is 1. The summed E-state index contributed by atoms with van der Waals surface area (Å²) < 4.78 is 44.0. The number of aromatic nitrogens is 1. The van der Waals surface area contributed by atoms with Crippen molar-refractivity contribution >= 4 is 43.2 Å². The Morgan fingerprint density at radius 3 is 2.44 bits per heavy atom. The summed E-state index contributed by atoms with van der Waals surface area (Å²) in [4.78, 5) is 17.3. The number of fused-ring (bicyclic) bond motifs is 1. The van der Waals surface area contributed by atoms with Gasteiger partial charge in [0.25, 0.3) is 15.9 Å². The second kappa shape index (κ2) is 9.63. The highest BCUT2D eigenvalue weighted by atomic mass is 32.2. The van der Waals surface area contributed by atoms with E-state index in [-0.39, 0.29) is 28.3 Å².